The second-order valence-corrected chi connectivity index (χ2v) is 4.43. The molecule has 0 radical (unpaired) electrons. The van der Waals surface area contributed by atoms with Crippen molar-refractivity contribution >= 4 is 11.9 Å². The van der Waals surface area contributed by atoms with Crippen LogP contribution in [0.5, 0.6) is 0 Å². The number of nitrogens with one attached hydrogen (secondary N) is 1. The first-order valence-electron chi connectivity index (χ1n) is 6.56. The highest BCUT2D eigenvalue weighted by molar-refractivity contribution is 5.97. The fraction of sp³-hybridized carbons (Fsp3) is 0.188. The van der Waals surface area contributed by atoms with Crippen LogP contribution in [0.25, 0.3) is 0 Å². The van der Waals surface area contributed by atoms with Crippen molar-refractivity contribution in [3.63, 3.8) is 0 Å². The van der Waals surface area contributed by atoms with Gasteiger partial charge in [0.2, 0.25) is 0 Å². The summed E-state index contributed by atoms with van der Waals surface area (Å²) in [5.74, 6) is -0.670. The molecule has 1 amide bonds. The fourth-order valence-corrected chi connectivity index (χ4v) is 1.88. The highest BCUT2D eigenvalue weighted by atomic mass is 16.5. The second kappa shape index (κ2) is 7.19. The van der Waals surface area contributed by atoms with Gasteiger partial charge in [-0.25, -0.2) is 4.79 Å². The van der Waals surface area contributed by atoms with Crippen molar-refractivity contribution in [3.05, 3.63) is 65.5 Å². The van der Waals surface area contributed by atoms with Crippen molar-refractivity contribution in [1.82, 2.24) is 10.3 Å². The summed E-state index contributed by atoms with van der Waals surface area (Å²) < 4.78 is 4.63. The van der Waals surface area contributed by atoms with Gasteiger partial charge in [-0.05, 0) is 42.3 Å². The van der Waals surface area contributed by atoms with Crippen LogP contribution in [0.4, 0.5) is 0 Å². The van der Waals surface area contributed by atoms with Crippen LogP contribution in [0.1, 0.15) is 26.3 Å². The lowest BCUT2D eigenvalue weighted by molar-refractivity contribution is 0.0600. The predicted molar refractivity (Wildman–Crippen MR) is 78.1 cm³/mol. The maximum absolute atomic E-state index is 12.0. The summed E-state index contributed by atoms with van der Waals surface area (Å²) in [6.07, 6.45) is 4.17. The van der Waals surface area contributed by atoms with Crippen molar-refractivity contribution in [2.75, 3.05) is 13.7 Å². The SMILES string of the molecule is COC(=O)c1cccc(C(=O)NCCc2ccncc2)c1. The van der Waals surface area contributed by atoms with Gasteiger partial charge >= 0.3 is 5.97 Å². The van der Waals surface area contributed by atoms with E-state index in [0.29, 0.717) is 17.7 Å². The molecule has 0 saturated carbocycles. The summed E-state index contributed by atoms with van der Waals surface area (Å²) >= 11 is 0. The van der Waals surface area contributed by atoms with Gasteiger partial charge in [-0.3, -0.25) is 9.78 Å². The minimum Gasteiger partial charge on any atom is -0.465 e. The Hall–Kier alpha value is -2.69. The molecule has 0 bridgehead atoms. The summed E-state index contributed by atoms with van der Waals surface area (Å²) in [6, 6.07) is 10.3. The summed E-state index contributed by atoms with van der Waals surface area (Å²) in [6.45, 7) is 0.519. The van der Waals surface area contributed by atoms with Crippen LogP contribution in [0, 0.1) is 0 Å². The quantitative estimate of drug-likeness (QED) is 0.851. The topological polar surface area (TPSA) is 68.3 Å². The lowest BCUT2D eigenvalue weighted by Crippen LogP contribution is -2.25. The van der Waals surface area contributed by atoms with Crippen LogP contribution >= 0.6 is 0 Å². The molecule has 5 heteroatoms. The largest absolute Gasteiger partial charge is 0.465 e. The van der Waals surface area contributed by atoms with Crippen molar-refractivity contribution in [2.45, 2.75) is 6.42 Å². The van der Waals surface area contributed by atoms with Gasteiger partial charge in [0.1, 0.15) is 0 Å². The van der Waals surface area contributed by atoms with Crippen LogP contribution in [-0.4, -0.2) is 30.5 Å². The Morgan fingerprint density at radius 1 is 1.14 bits per heavy atom. The first-order chi connectivity index (χ1) is 10.2. The first kappa shape index (κ1) is 14.7. The number of nitrogens with zero attached hydrogens (tertiary/aromatic N) is 1. The van der Waals surface area contributed by atoms with Crippen LogP contribution < -0.4 is 5.32 Å². The molecule has 108 valence electrons. The molecule has 1 aromatic heterocycles. The fourth-order valence-electron chi connectivity index (χ4n) is 1.88. The Labute approximate surface area is 123 Å². The lowest BCUT2D eigenvalue weighted by atomic mass is 10.1. The van der Waals surface area contributed by atoms with Crippen molar-refractivity contribution < 1.29 is 14.3 Å². The molecule has 0 aliphatic heterocycles. The summed E-state index contributed by atoms with van der Waals surface area (Å²) in [5, 5.41) is 2.82. The third-order valence-electron chi connectivity index (χ3n) is 2.99. The lowest BCUT2D eigenvalue weighted by Gasteiger charge is -2.06. The highest BCUT2D eigenvalue weighted by Gasteiger charge is 2.10. The third kappa shape index (κ3) is 4.14. The van der Waals surface area contributed by atoms with E-state index in [1.165, 1.54) is 13.2 Å². The van der Waals surface area contributed by atoms with Gasteiger partial charge in [0.05, 0.1) is 12.7 Å². The summed E-state index contributed by atoms with van der Waals surface area (Å²) in [4.78, 5) is 27.4. The van der Waals surface area contributed by atoms with Gasteiger partial charge in [0, 0.05) is 24.5 Å². The third-order valence-corrected chi connectivity index (χ3v) is 2.99. The molecule has 1 heterocycles. The zero-order valence-electron chi connectivity index (χ0n) is 11.7. The average Bonchev–Trinajstić information content (AvgIpc) is 2.55. The predicted octanol–water partition coefficient (Wildman–Crippen LogP) is 1.84. The molecule has 0 aliphatic carbocycles. The van der Waals surface area contributed by atoms with E-state index in [-0.39, 0.29) is 5.91 Å². The normalized spacial score (nSPS) is 9.95. The molecule has 0 saturated heterocycles. The molecule has 0 fully saturated rings. The molecule has 21 heavy (non-hydrogen) atoms. The Kier molecular flexibility index (Phi) is 5.04. The van der Waals surface area contributed by atoms with Gasteiger partial charge in [-0.1, -0.05) is 6.07 Å². The summed E-state index contributed by atoms with van der Waals surface area (Å²) in [5.41, 5.74) is 1.90. The number of aromatic nitrogens is 1. The van der Waals surface area contributed by atoms with Crippen LogP contribution in [0.15, 0.2) is 48.8 Å². The second-order valence-electron chi connectivity index (χ2n) is 4.43. The van der Waals surface area contributed by atoms with Gasteiger partial charge in [0.15, 0.2) is 0 Å². The molecule has 1 N–H and O–H groups in total. The first-order valence-corrected chi connectivity index (χ1v) is 6.56. The number of ether oxygens (including phenoxy) is 1. The molecule has 0 unspecified atom stereocenters. The van der Waals surface area contributed by atoms with Crippen molar-refractivity contribution in [2.24, 2.45) is 0 Å². The molecular formula is C16H16N2O3. The highest BCUT2D eigenvalue weighted by Crippen LogP contribution is 2.06. The van der Waals surface area contributed by atoms with Crippen LogP contribution in [0.2, 0.25) is 0 Å². The van der Waals surface area contributed by atoms with Gasteiger partial charge in [0.25, 0.3) is 5.91 Å². The number of carbonyl (C=O) groups excluding carboxylic acids is 2. The van der Waals surface area contributed by atoms with Gasteiger partial charge < -0.3 is 10.1 Å². The van der Waals surface area contributed by atoms with E-state index in [1.807, 2.05) is 12.1 Å². The number of hydrogen-bond donors (Lipinski definition) is 1. The molecular weight excluding hydrogens is 268 g/mol. The number of hydrogen-bond acceptors (Lipinski definition) is 4. The number of amides is 1. The number of carbonyl (C=O) groups is 2. The average molecular weight is 284 g/mol. The van der Waals surface area contributed by atoms with Gasteiger partial charge in [-0.15, -0.1) is 0 Å². The number of esters is 1. The number of benzene rings is 1. The molecule has 5 nitrogen and oxygen atoms in total. The zero-order chi connectivity index (χ0) is 15.1. The minimum atomic E-state index is -0.457. The van der Waals surface area contributed by atoms with E-state index in [4.69, 9.17) is 0 Å². The minimum absolute atomic E-state index is 0.213. The zero-order valence-corrected chi connectivity index (χ0v) is 11.7. The van der Waals surface area contributed by atoms with Crippen LogP contribution in [0.3, 0.4) is 0 Å². The molecule has 0 aliphatic rings. The molecule has 2 rings (SSSR count). The Balaban J connectivity index is 1.93. The number of rotatable bonds is 5. The molecule has 1 aromatic carbocycles. The van der Waals surface area contributed by atoms with E-state index in [9.17, 15) is 9.59 Å². The Morgan fingerprint density at radius 3 is 2.57 bits per heavy atom. The number of pyridine rings is 1. The summed E-state index contributed by atoms with van der Waals surface area (Å²) in [7, 11) is 1.31. The standard InChI is InChI=1S/C16H16N2O3/c1-21-16(20)14-4-2-3-13(11-14)15(19)18-10-7-12-5-8-17-9-6-12/h2-6,8-9,11H,7,10H2,1H3,(H,18,19). The van der Waals surface area contributed by atoms with Crippen molar-refractivity contribution in [1.29, 1.82) is 0 Å². The van der Waals surface area contributed by atoms with Gasteiger partial charge in [-0.2, -0.15) is 0 Å². The van der Waals surface area contributed by atoms with E-state index < -0.39 is 5.97 Å². The number of methoxy groups -OCH3 is 1. The monoisotopic (exact) mass is 284 g/mol. The van der Waals surface area contributed by atoms with E-state index in [0.717, 1.165) is 12.0 Å². The van der Waals surface area contributed by atoms with E-state index >= 15 is 0 Å². The molecule has 0 atom stereocenters. The maximum Gasteiger partial charge on any atom is 0.337 e. The maximum atomic E-state index is 12.0. The Bertz CT molecular complexity index is 626. The molecule has 2 aromatic rings. The molecule has 0 spiro atoms. The van der Waals surface area contributed by atoms with E-state index in [2.05, 4.69) is 15.0 Å². The van der Waals surface area contributed by atoms with Crippen molar-refractivity contribution in [3.8, 4) is 0 Å². The smallest absolute Gasteiger partial charge is 0.337 e. The van der Waals surface area contributed by atoms with E-state index in [1.54, 1.807) is 30.6 Å². The Morgan fingerprint density at radius 2 is 1.86 bits per heavy atom. The van der Waals surface area contributed by atoms with Crippen LogP contribution in [-0.2, 0) is 11.2 Å².